The summed E-state index contributed by atoms with van der Waals surface area (Å²) in [5.74, 6) is 2.18. The lowest BCUT2D eigenvalue weighted by atomic mass is 9.90. The van der Waals surface area contributed by atoms with Gasteiger partial charge in [-0.05, 0) is 31.8 Å². The van der Waals surface area contributed by atoms with Gasteiger partial charge in [-0.3, -0.25) is 4.90 Å². The zero-order chi connectivity index (χ0) is 14.7. The number of hydrogen-bond donors (Lipinski definition) is 1. The Kier molecular flexibility index (Phi) is 4.87. The van der Waals surface area contributed by atoms with E-state index in [2.05, 4.69) is 34.2 Å². The molecule has 0 aliphatic carbocycles. The summed E-state index contributed by atoms with van der Waals surface area (Å²) in [6.07, 6.45) is 3.49. The first-order chi connectivity index (χ1) is 10.3. The summed E-state index contributed by atoms with van der Waals surface area (Å²) >= 11 is 0. The van der Waals surface area contributed by atoms with Crippen LogP contribution in [0.25, 0.3) is 0 Å². The molecule has 6 heteroatoms. The van der Waals surface area contributed by atoms with Crippen LogP contribution in [0.5, 0.6) is 0 Å². The molecule has 3 atom stereocenters. The van der Waals surface area contributed by atoms with Gasteiger partial charge in [0.05, 0.1) is 12.6 Å². The van der Waals surface area contributed by atoms with Gasteiger partial charge in [-0.1, -0.05) is 25.4 Å². The third-order valence-electron chi connectivity index (χ3n) is 4.73. The lowest BCUT2D eigenvalue weighted by Crippen LogP contribution is -2.38. The first-order valence-electron chi connectivity index (χ1n) is 8.21. The number of nitrogens with zero attached hydrogens (tertiary/aromatic N) is 3. The molecule has 0 spiro atoms. The fourth-order valence-electron chi connectivity index (χ4n) is 3.22. The van der Waals surface area contributed by atoms with Crippen LogP contribution in [0.3, 0.4) is 0 Å². The van der Waals surface area contributed by atoms with Crippen molar-refractivity contribution in [2.24, 2.45) is 5.92 Å². The third-order valence-corrected chi connectivity index (χ3v) is 4.73. The molecule has 2 fully saturated rings. The lowest BCUT2D eigenvalue weighted by molar-refractivity contribution is -0.0334. The summed E-state index contributed by atoms with van der Waals surface area (Å²) in [6.45, 7) is 9.06. The van der Waals surface area contributed by atoms with Gasteiger partial charge in [0.2, 0.25) is 11.7 Å². The Bertz CT molecular complexity index is 412. The van der Waals surface area contributed by atoms with Crippen LogP contribution < -0.4 is 5.32 Å². The minimum Gasteiger partial charge on any atom is -0.367 e. The van der Waals surface area contributed by atoms with Gasteiger partial charge in [0, 0.05) is 13.1 Å². The molecular weight excluding hydrogens is 268 g/mol. The number of rotatable bonds is 4. The van der Waals surface area contributed by atoms with E-state index in [4.69, 9.17) is 9.26 Å². The molecule has 1 aromatic rings. The van der Waals surface area contributed by atoms with Crippen LogP contribution in [0.15, 0.2) is 4.52 Å². The number of likely N-dealkylation sites (N-methyl/N-ethyl adjacent to an activating group) is 1. The molecule has 3 unspecified atom stereocenters. The van der Waals surface area contributed by atoms with Crippen molar-refractivity contribution in [1.29, 1.82) is 0 Å². The van der Waals surface area contributed by atoms with E-state index in [0.717, 1.165) is 51.0 Å². The highest BCUT2D eigenvalue weighted by molar-refractivity contribution is 4.99. The van der Waals surface area contributed by atoms with E-state index in [9.17, 15) is 0 Å². The summed E-state index contributed by atoms with van der Waals surface area (Å²) in [7, 11) is 0. The first-order valence-corrected chi connectivity index (χ1v) is 8.21. The van der Waals surface area contributed by atoms with Crippen LogP contribution in [0.2, 0.25) is 0 Å². The average Bonchev–Trinajstić information content (AvgIpc) is 3.05. The Morgan fingerprint density at radius 1 is 1.38 bits per heavy atom. The average molecular weight is 294 g/mol. The van der Waals surface area contributed by atoms with Crippen LogP contribution in [0.1, 0.15) is 57.0 Å². The van der Waals surface area contributed by atoms with E-state index >= 15 is 0 Å². The molecule has 0 bridgehead atoms. The monoisotopic (exact) mass is 294 g/mol. The van der Waals surface area contributed by atoms with Gasteiger partial charge < -0.3 is 14.6 Å². The van der Waals surface area contributed by atoms with E-state index < -0.39 is 0 Å². The van der Waals surface area contributed by atoms with Crippen molar-refractivity contribution in [3.63, 3.8) is 0 Å². The molecule has 3 rings (SSSR count). The Morgan fingerprint density at radius 3 is 3.10 bits per heavy atom. The van der Waals surface area contributed by atoms with Gasteiger partial charge >= 0.3 is 0 Å². The lowest BCUT2D eigenvalue weighted by Gasteiger charge is -2.30. The topological polar surface area (TPSA) is 63.4 Å². The molecule has 118 valence electrons. The maximum atomic E-state index is 5.79. The number of nitrogens with one attached hydrogen (secondary N) is 1. The van der Waals surface area contributed by atoms with E-state index in [1.54, 1.807) is 0 Å². The molecule has 0 radical (unpaired) electrons. The highest BCUT2D eigenvalue weighted by Gasteiger charge is 2.29. The predicted molar refractivity (Wildman–Crippen MR) is 78.9 cm³/mol. The molecule has 2 saturated heterocycles. The second-order valence-corrected chi connectivity index (χ2v) is 6.05. The van der Waals surface area contributed by atoms with Crippen LogP contribution in [0, 0.1) is 5.92 Å². The molecule has 3 heterocycles. The molecule has 2 aliphatic rings. The molecule has 0 saturated carbocycles. The zero-order valence-corrected chi connectivity index (χ0v) is 13.0. The Morgan fingerprint density at radius 2 is 2.29 bits per heavy atom. The standard InChI is InChI=1S/C15H26N4O2/c1-3-11-5-6-16-12(9-11)15-17-14(18-21-15)13-10-19(4-2)7-8-20-13/h11-13,16H,3-10H2,1-2H3. The summed E-state index contributed by atoms with van der Waals surface area (Å²) in [6, 6.07) is 0.204. The Balaban J connectivity index is 1.65. The van der Waals surface area contributed by atoms with Crippen molar-refractivity contribution in [3.8, 4) is 0 Å². The number of morpholine rings is 1. The smallest absolute Gasteiger partial charge is 0.243 e. The molecule has 1 aromatic heterocycles. The van der Waals surface area contributed by atoms with Crippen LogP contribution in [0.4, 0.5) is 0 Å². The summed E-state index contributed by atoms with van der Waals surface area (Å²) in [5, 5.41) is 7.65. The van der Waals surface area contributed by atoms with Crippen LogP contribution >= 0.6 is 0 Å². The minimum absolute atomic E-state index is 0.0539. The molecule has 6 nitrogen and oxygen atoms in total. The predicted octanol–water partition coefficient (Wildman–Crippen LogP) is 1.91. The highest BCUT2D eigenvalue weighted by atomic mass is 16.5. The van der Waals surface area contributed by atoms with Gasteiger partial charge in [0.25, 0.3) is 0 Å². The quantitative estimate of drug-likeness (QED) is 0.915. The molecule has 1 N–H and O–H groups in total. The summed E-state index contributed by atoms with van der Waals surface area (Å²) in [5.41, 5.74) is 0. The van der Waals surface area contributed by atoms with Crippen molar-refractivity contribution >= 4 is 0 Å². The highest BCUT2D eigenvalue weighted by Crippen LogP contribution is 2.29. The molecular formula is C15H26N4O2. The fraction of sp³-hybridized carbons (Fsp3) is 0.867. The second kappa shape index (κ2) is 6.85. The van der Waals surface area contributed by atoms with Crippen molar-refractivity contribution in [2.45, 2.75) is 45.3 Å². The fourth-order valence-corrected chi connectivity index (χ4v) is 3.22. The van der Waals surface area contributed by atoms with Crippen LogP contribution in [-0.4, -0.2) is 47.8 Å². The SMILES string of the molecule is CCC1CCNC(c2nc(C3CN(CC)CCO3)no2)C1. The Labute approximate surface area is 126 Å². The summed E-state index contributed by atoms with van der Waals surface area (Å²) < 4.78 is 11.3. The van der Waals surface area contributed by atoms with Gasteiger partial charge in [-0.2, -0.15) is 4.98 Å². The van der Waals surface area contributed by atoms with E-state index in [1.165, 1.54) is 12.8 Å². The number of piperidine rings is 1. The minimum atomic E-state index is -0.0539. The van der Waals surface area contributed by atoms with Gasteiger partial charge in [0.1, 0.15) is 6.10 Å². The molecule has 0 amide bonds. The first kappa shape index (κ1) is 14.9. The van der Waals surface area contributed by atoms with Crippen molar-refractivity contribution in [1.82, 2.24) is 20.4 Å². The molecule has 21 heavy (non-hydrogen) atoms. The van der Waals surface area contributed by atoms with Gasteiger partial charge in [-0.15, -0.1) is 0 Å². The zero-order valence-electron chi connectivity index (χ0n) is 13.0. The second-order valence-electron chi connectivity index (χ2n) is 6.05. The number of ether oxygens (including phenoxy) is 1. The largest absolute Gasteiger partial charge is 0.367 e. The summed E-state index contributed by atoms with van der Waals surface area (Å²) in [4.78, 5) is 6.96. The van der Waals surface area contributed by atoms with Crippen molar-refractivity contribution in [2.75, 3.05) is 32.8 Å². The van der Waals surface area contributed by atoms with Gasteiger partial charge in [0.15, 0.2) is 0 Å². The van der Waals surface area contributed by atoms with Crippen molar-refractivity contribution in [3.05, 3.63) is 11.7 Å². The van der Waals surface area contributed by atoms with Crippen LogP contribution in [-0.2, 0) is 4.74 Å². The van der Waals surface area contributed by atoms with E-state index in [1.807, 2.05) is 0 Å². The van der Waals surface area contributed by atoms with Crippen molar-refractivity contribution < 1.29 is 9.26 Å². The third kappa shape index (κ3) is 3.44. The van der Waals surface area contributed by atoms with E-state index in [0.29, 0.717) is 5.82 Å². The maximum Gasteiger partial charge on any atom is 0.243 e. The number of aromatic nitrogens is 2. The molecule has 0 aromatic carbocycles. The number of hydrogen-bond acceptors (Lipinski definition) is 6. The Hall–Kier alpha value is -0.980. The molecule has 2 aliphatic heterocycles. The normalized spacial score (nSPS) is 31.4. The van der Waals surface area contributed by atoms with E-state index in [-0.39, 0.29) is 12.1 Å². The van der Waals surface area contributed by atoms with Gasteiger partial charge in [-0.25, -0.2) is 0 Å². The maximum absolute atomic E-state index is 5.79.